The Morgan fingerprint density at radius 1 is 0.784 bits per heavy atom. The molecule has 3 aromatic rings. The number of nitrogens with two attached hydrogens (primary N) is 2. The number of amides is 2. The molecular weight excluding hydrogens is 494 g/mol. The topological polar surface area (TPSA) is 134 Å². The van der Waals surface area contributed by atoms with E-state index in [1.807, 2.05) is 84.9 Å². The zero-order valence-electron chi connectivity index (χ0n) is 20.4. The molecule has 0 spiro atoms. The van der Waals surface area contributed by atoms with E-state index in [0.29, 0.717) is 12.4 Å². The van der Waals surface area contributed by atoms with Crippen LogP contribution in [0.4, 0.5) is 0 Å². The Labute approximate surface area is 222 Å². The average molecular weight is 526 g/mol. The second-order valence-corrected chi connectivity index (χ2v) is 8.38. The van der Waals surface area contributed by atoms with Crippen molar-refractivity contribution in [2.75, 3.05) is 0 Å². The molecule has 0 heterocycles. The van der Waals surface area contributed by atoms with Crippen LogP contribution in [0.3, 0.4) is 0 Å². The van der Waals surface area contributed by atoms with Gasteiger partial charge in [-0.1, -0.05) is 72.8 Å². The number of primary amides is 1. The van der Waals surface area contributed by atoms with Gasteiger partial charge in [0.05, 0.1) is 6.04 Å². The third-order valence-electron chi connectivity index (χ3n) is 5.50. The third-order valence-corrected chi connectivity index (χ3v) is 5.50. The van der Waals surface area contributed by atoms with Crippen LogP contribution in [0.5, 0.6) is 5.75 Å². The van der Waals surface area contributed by atoms with Crippen molar-refractivity contribution < 1.29 is 23.9 Å². The monoisotopic (exact) mass is 525 g/mol. The van der Waals surface area contributed by atoms with Gasteiger partial charge in [-0.2, -0.15) is 0 Å². The van der Waals surface area contributed by atoms with Gasteiger partial charge in [0.25, 0.3) is 0 Å². The molecule has 0 saturated heterocycles. The van der Waals surface area contributed by atoms with Crippen LogP contribution in [0, 0.1) is 0 Å². The molecule has 0 radical (unpaired) electrons. The van der Waals surface area contributed by atoms with Gasteiger partial charge in [-0.25, -0.2) is 0 Å². The number of ether oxygens (including phenoxy) is 2. The summed E-state index contributed by atoms with van der Waals surface area (Å²) in [5.74, 6) is -1.06. The zero-order chi connectivity index (χ0) is 25.8. The Morgan fingerprint density at radius 3 is 1.92 bits per heavy atom. The molecule has 0 aliphatic heterocycles. The summed E-state index contributed by atoms with van der Waals surface area (Å²) in [6.45, 7) is 0.588. The van der Waals surface area contributed by atoms with Crippen LogP contribution in [0.2, 0.25) is 0 Å². The molecule has 5 N–H and O–H groups in total. The molecule has 2 atom stereocenters. The van der Waals surface area contributed by atoms with Gasteiger partial charge in [-0.15, -0.1) is 12.4 Å². The molecule has 0 fully saturated rings. The highest BCUT2D eigenvalue weighted by atomic mass is 35.5. The average Bonchev–Trinajstić information content (AvgIpc) is 2.90. The molecule has 196 valence electrons. The standard InChI is InChI=1S/C28H31N3O5.ClH/c29-24(17-20-11-13-23(14-12-20)35-18-21-7-3-1-4-8-21)28(34)31-25(27(30)33)15-16-26(32)36-19-22-9-5-2-6-10-22;/h1-14,24-25H,15-19,29H2,(H2,30,33)(H,31,34);1H/t24-,25+;/m0./s1. The van der Waals surface area contributed by atoms with Gasteiger partial charge < -0.3 is 26.3 Å². The summed E-state index contributed by atoms with van der Waals surface area (Å²) in [5, 5.41) is 2.54. The van der Waals surface area contributed by atoms with Crippen molar-refractivity contribution in [2.24, 2.45) is 11.5 Å². The molecule has 0 saturated carbocycles. The molecular formula is C28H32ClN3O5. The lowest BCUT2D eigenvalue weighted by molar-refractivity contribution is -0.145. The van der Waals surface area contributed by atoms with Crippen LogP contribution in [0.25, 0.3) is 0 Å². The van der Waals surface area contributed by atoms with E-state index in [2.05, 4.69) is 5.32 Å². The van der Waals surface area contributed by atoms with E-state index in [9.17, 15) is 14.4 Å². The normalized spacial score (nSPS) is 11.9. The fourth-order valence-electron chi connectivity index (χ4n) is 3.45. The summed E-state index contributed by atoms with van der Waals surface area (Å²) in [4.78, 5) is 36.4. The van der Waals surface area contributed by atoms with Gasteiger partial charge in [0.1, 0.15) is 25.0 Å². The van der Waals surface area contributed by atoms with Gasteiger partial charge in [0, 0.05) is 6.42 Å². The van der Waals surface area contributed by atoms with E-state index in [-0.39, 0.29) is 38.3 Å². The summed E-state index contributed by atoms with van der Waals surface area (Å²) >= 11 is 0. The number of halogens is 1. The molecule has 0 aliphatic carbocycles. The minimum atomic E-state index is -1.03. The number of hydrogen-bond donors (Lipinski definition) is 3. The Morgan fingerprint density at radius 2 is 1.35 bits per heavy atom. The van der Waals surface area contributed by atoms with Crippen LogP contribution >= 0.6 is 12.4 Å². The lowest BCUT2D eigenvalue weighted by Gasteiger charge is -2.18. The number of benzene rings is 3. The van der Waals surface area contributed by atoms with Gasteiger partial charge in [0.15, 0.2) is 0 Å². The highest BCUT2D eigenvalue weighted by Crippen LogP contribution is 2.15. The second-order valence-electron chi connectivity index (χ2n) is 8.38. The molecule has 3 aromatic carbocycles. The van der Waals surface area contributed by atoms with Crippen molar-refractivity contribution in [2.45, 2.75) is 44.6 Å². The first-order chi connectivity index (χ1) is 17.4. The fraction of sp³-hybridized carbons (Fsp3) is 0.250. The maximum atomic E-state index is 12.6. The third kappa shape index (κ3) is 10.3. The number of carbonyl (C=O) groups is 3. The highest BCUT2D eigenvalue weighted by Gasteiger charge is 2.23. The molecule has 37 heavy (non-hydrogen) atoms. The second kappa shape index (κ2) is 15.3. The predicted molar refractivity (Wildman–Crippen MR) is 143 cm³/mol. The molecule has 3 rings (SSSR count). The molecule has 9 heteroatoms. The van der Waals surface area contributed by atoms with Gasteiger partial charge in [-0.3, -0.25) is 14.4 Å². The molecule has 0 aromatic heterocycles. The molecule has 2 amide bonds. The number of carbonyl (C=O) groups excluding carboxylic acids is 3. The van der Waals surface area contributed by atoms with E-state index in [4.69, 9.17) is 20.9 Å². The zero-order valence-corrected chi connectivity index (χ0v) is 21.2. The molecule has 0 aliphatic rings. The van der Waals surface area contributed by atoms with E-state index >= 15 is 0 Å². The maximum Gasteiger partial charge on any atom is 0.306 e. The minimum Gasteiger partial charge on any atom is -0.489 e. The Hall–Kier alpha value is -3.88. The molecule has 0 bridgehead atoms. The van der Waals surface area contributed by atoms with E-state index in [1.54, 1.807) is 0 Å². The van der Waals surface area contributed by atoms with Crippen LogP contribution in [0.1, 0.15) is 29.5 Å². The first-order valence-corrected chi connectivity index (χ1v) is 11.7. The van der Waals surface area contributed by atoms with E-state index in [0.717, 1.165) is 16.7 Å². The first-order valence-electron chi connectivity index (χ1n) is 11.7. The van der Waals surface area contributed by atoms with Crippen molar-refractivity contribution in [3.05, 3.63) is 102 Å². The van der Waals surface area contributed by atoms with Crippen LogP contribution in [-0.4, -0.2) is 29.9 Å². The smallest absolute Gasteiger partial charge is 0.306 e. The summed E-state index contributed by atoms with van der Waals surface area (Å²) in [6, 6.07) is 24.4. The van der Waals surface area contributed by atoms with Crippen molar-refractivity contribution in [1.82, 2.24) is 5.32 Å². The number of rotatable bonds is 13. The Bertz CT molecular complexity index is 1130. The summed E-state index contributed by atoms with van der Waals surface area (Å²) < 4.78 is 11.0. The minimum absolute atomic E-state index is 0. The van der Waals surface area contributed by atoms with Gasteiger partial charge in [-0.05, 0) is 41.7 Å². The number of nitrogens with one attached hydrogen (secondary N) is 1. The Balaban J connectivity index is 0.00000481. The van der Waals surface area contributed by atoms with E-state index < -0.39 is 29.9 Å². The molecule has 0 unspecified atom stereocenters. The highest BCUT2D eigenvalue weighted by molar-refractivity contribution is 5.89. The first kappa shape index (κ1) is 29.4. The lowest BCUT2D eigenvalue weighted by Crippen LogP contribution is -2.51. The predicted octanol–water partition coefficient (Wildman–Crippen LogP) is 3.05. The lowest BCUT2D eigenvalue weighted by atomic mass is 10.0. The largest absolute Gasteiger partial charge is 0.489 e. The molecule has 8 nitrogen and oxygen atoms in total. The van der Waals surface area contributed by atoms with E-state index in [1.165, 1.54) is 0 Å². The summed E-state index contributed by atoms with van der Waals surface area (Å²) in [6.07, 6.45) is 0.213. The maximum absolute atomic E-state index is 12.6. The quantitative estimate of drug-likeness (QED) is 0.294. The van der Waals surface area contributed by atoms with Crippen LogP contribution in [0.15, 0.2) is 84.9 Å². The van der Waals surface area contributed by atoms with Crippen LogP contribution < -0.4 is 21.5 Å². The van der Waals surface area contributed by atoms with Crippen molar-refractivity contribution >= 4 is 30.2 Å². The fourth-order valence-corrected chi connectivity index (χ4v) is 3.45. The van der Waals surface area contributed by atoms with Crippen molar-refractivity contribution in [3.63, 3.8) is 0 Å². The summed E-state index contributed by atoms with van der Waals surface area (Å²) in [5.41, 5.74) is 14.2. The number of hydrogen-bond acceptors (Lipinski definition) is 6. The summed E-state index contributed by atoms with van der Waals surface area (Å²) in [7, 11) is 0. The number of esters is 1. The van der Waals surface area contributed by atoms with Crippen molar-refractivity contribution in [3.8, 4) is 5.75 Å². The SMILES string of the molecule is Cl.NC(=O)[C@@H](CCC(=O)OCc1ccccc1)NC(=O)[C@@H](N)Cc1ccc(OCc2ccccc2)cc1. The Kier molecular flexibility index (Phi) is 12.1. The van der Waals surface area contributed by atoms with Crippen LogP contribution in [-0.2, 0) is 38.8 Å². The van der Waals surface area contributed by atoms with Gasteiger partial charge in [0.2, 0.25) is 11.8 Å². The van der Waals surface area contributed by atoms with Gasteiger partial charge >= 0.3 is 5.97 Å². The van der Waals surface area contributed by atoms with Crippen molar-refractivity contribution in [1.29, 1.82) is 0 Å².